The molecule has 0 aliphatic carbocycles. The average molecular weight is 208 g/mol. The fourth-order valence-electron chi connectivity index (χ4n) is 1.41. The van der Waals surface area contributed by atoms with Crippen LogP contribution in [0.5, 0.6) is 0 Å². The molecule has 77 valence electrons. The molecule has 0 amide bonds. The van der Waals surface area contributed by atoms with Crippen LogP contribution in [0.4, 0.5) is 0 Å². The van der Waals surface area contributed by atoms with Crippen molar-refractivity contribution in [2.75, 3.05) is 0 Å². The normalized spacial score (nSPS) is 11.1. The van der Waals surface area contributed by atoms with Gasteiger partial charge < -0.3 is 0 Å². The molecule has 0 unspecified atom stereocenters. The predicted octanol–water partition coefficient (Wildman–Crippen LogP) is 2.73. The molecule has 2 heteroatoms. The van der Waals surface area contributed by atoms with Crippen LogP contribution in [-0.4, -0.2) is 11.3 Å². The number of pyridine rings is 1. The Balaban J connectivity index is 2.38. The van der Waals surface area contributed by atoms with Gasteiger partial charge in [0.25, 0.3) is 0 Å². The van der Waals surface area contributed by atoms with Gasteiger partial charge in [-0.05, 0) is 17.7 Å². The summed E-state index contributed by atoms with van der Waals surface area (Å²) in [4.78, 5) is 14.9. The zero-order valence-corrected chi connectivity index (χ0v) is 8.63. The van der Waals surface area contributed by atoms with E-state index < -0.39 is 0 Å². The number of hydrogen-bond donors (Lipinski definition) is 0. The second-order valence-electron chi connectivity index (χ2n) is 3.31. The first kappa shape index (κ1) is 10.3. The first-order valence-corrected chi connectivity index (χ1v) is 4.95. The second kappa shape index (κ2) is 5.03. The molecule has 1 aromatic heterocycles. The van der Waals surface area contributed by atoms with Gasteiger partial charge in [0.15, 0.2) is 0 Å². The molecule has 0 fully saturated rings. The molecule has 16 heavy (non-hydrogen) atoms. The van der Waals surface area contributed by atoms with E-state index in [2.05, 4.69) is 4.98 Å². The van der Waals surface area contributed by atoms with Gasteiger partial charge in [0.05, 0.1) is 0 Å². The zero-order valence-electron chi connectivity index (χ0n) is 8.63. The summed E-state index contributed by atoms with van der Waals surface area (Å²) < 4.78 is 0. The predicted molar refractivity (Wildman–Crippen MR) is 64.2 cm³/mol. The van der Waals surface area contributed by atoms with Gasteiger partial charge in [-0.15, -0.1) is 0 Å². The van der Waals surface area contributed by atoms with Gasteiger partial charge in [-0.1, -0.05) is 36.4 Å². The summed E-state index contributed by atoms with van der Waals surface area (Å²) in [5, 5.41) is 0. The van der Waals surface area contributed by atoms with E-state index in [0.29, 0.717) is 5.57 Å². The third-order valence-corrected chi connectivity index (χ3v) is 2.19. The minimum absolute atomic E-state index is 0.513. The molecule has 1 aromatic carbocycles. The van der Waals surface area contributed by atoms with E-state index in [9.17, 15) is 4.79 Å². The highest BCUT2D eigenvalue weighted by atomic mass is 16.1. The van der Waals surface area contributed by atoms with Crippen LogP contribution < -0.4 is 0 Å². The molecule has 1 heterocycles. The Morgan fingerprint density at radius 2 is 1.94 bits per heavy atom. The topological polar surface area (TPSA) is 30.0 Å². The number of benzene rings is 1. The van der Waals surface area contributed by atoms with Crippen LogP contribution >= 0.6 is 0 Å². The maximum Gasteiger partial charge on any atom is 0.234 e. The summed E-state index contributed by atoms with van der Waals surface area (Å²) in [5.74, 6) is 0. The van der Waals surface area contributed by atoms with Crippen molar-refractivity contribution in [3.8, 4) is 0 Å². The fraction of sp³-hybridized carbons (Fsp3) is 0. The maximum absolute atomic E-state index is 10.9. The van der Waals surface area contributed by atoms with E-state index in [4.69, 9.17) is 0 Å². The Bertz CT molecular complexity index is 489. The molecule has 2 nitrogen and oxygen atoms in total. The molecule has 0 spiro atoms. The fourth-order valence-corrected chi connectivity index (χ4v) is 1.41. The van der Waals surface area contributed by atoms with Crippen LogP contribution in [0.15, 0.2) is 54.9 Å². The average Bonchev–Trinajstić information content (AvgIpc) is 2.38. The molecule has 0 N–H and O–H groups in total. The van der Waals surface area contributed by atoms with E-state index in [1.54, 1.807) is 24.5 Å². The SMILES string of the molecule is O=[C]C(=Cc1ccccc1)c1cccnc1. The lowest BCUT2D eigenvalue weighted by Crippen LogP contribution is -1.86. The summed E-state index contributed by atoms with van der Waals surface area (Å²) in [6.45, 7) is 0. The van der Waals surface area contributed by atoms with Crippen LogP contribution in [-0.2, 0) is 4.79 Å². The van der Waals surface area contributed by atoms with Gasteiger partial charge in [0.1, 0.15) is 0 Å². The Morgan fingerprint density at radius 3 is 2.56 bits per heavy atom. The highest BCUT2D eigenvalue weighted by Crippen LogP contribution is 2.14. The van der Waals surface area contributed by atoms with Crippen molar-refractivity contribution in [2.45, 2.75) is 0 Å². The van der Waals surface area contributed by atoms with Crippen LogP contribution in [0.25, 0.3) is 11.6 Å². The van der Waals surface area contributed by atoms with Crippen molar-refractivity contribution < 1.29 is 4.79 Å². The third-order valence-electron chi connectivity index (χ3n) is 2.19. The van der Waals surface area contributed by atoms with Gasteiger partial charge in [-0.25, -0.2) is 0 Å². The molecular formula is C14H10NO. The number of rotatable bonds is 3. The number of nitrogens with zero attached hydrogens (tertiary/aromatic N) is 1. The Hall–Kier alpha value is -2.22. The van der Waals surface area contributed by atoms with E-state index in [0.717, 1.165) is 11.1 Å². The molecule has 2 aromatic rings. The Morgan fingerprint density at radius 1 is 1.12 bits per heavy atom. The van der Waals surface area contributed by atoms with Crippen LogP contribution in [0.3, 0.4) is 0 Å². The second-order valence-corrected chi connectivity index (χ2v) is 3.31. The lowest BCUT2D eigenvalue weighted by atomic mass is 10.1. The van der Waals surface area contributed by atoms with E-state index >= 15 is 0 Å². The first-order chi connectivity index (χ1) is 7.90. The monoisotopic (exact) mass is 208 g/mol. The van der Waals surface area contributed by atoms with Crippen LogP contribution in [0.1, 0.15) is 11.1 Å². The molecule has 0 bridgehead atoms. The minimum atomic E-state index is 0.513. The zero-order chi connectivity index (χ0) is 11.2. The Labute approximate surface area is 94.3 Å². The highest BCUT2D eigenvalue weighted by Gasteiger charge is 2.00. The molecule has 0 aliphatic rings. The molecule has 0 atom stereocenters. The number of aromatic nitrogens is 1. The van der Waals surface area contributed by atoms with Crippen molar-refractivity contribution in [3.05, 3.63) is 66.0 Å². The van der Waals surface area contributed by atoms with Crippen molar-refractivity contribution in [3.63, 3.8) is 0 Å². The van der Waals surface area contributed by atoms with Gasteiger partial charge in [0, 0.05) is 23.5 Å². The first-order valence-electron chi connectivity index (χ1n) is 4.95. The molecule has 2 rings (SSSR count). The summed E-state index contributed by atoms with van der Waals surface area (Å²) in [6, 6.07) is 13.3. The van der Waals surface area contributed by atoms with Crippen LogP contribution in [0, 0.1) is 0 Å². The van der Waals surface area contributed by atoms with Gasteiger partial charge in [0.2, 0.25) is 6.29 Å². The van der Waals surface area contributed by atoms with Crippen molar-refractivity contribution >= 4 is 17.9 Å². The van der Waals surface area contributed by atoms with E-state index in [-0.39, 0.29) is 0 Å². The molecule has 0 aliphatic heterocycles. The third kappa shape index (κ3) is 2.42. The summed E-state index contributed by atoms with van der Waals surface area (Å²) in [6.07, 6.45) is 7.06. The van der Waals surface area contributed by atoms with Gasteiger partial charge in [-0.3, -0.25) is 9.78 Å². The van der Waals surface area contributed by atoms with Gasteiger partial charge in [-0.2, -0.15) is 0 Å². The largest absolute Gasteiger partial charge is 0.285 e. The lowest BCUT2D eigenvalue weighted by Gasteiger charge is -1.98. The maximum atomic E-state index is 10.9. The molecule has 0 saturated heterocycles. The summed E-state index contributed by atoms with van der Waals surface area (Å²) >= 11 is 0. The van der Waals surface area contributed by atoms with Crippen LogP contribution in [0.2, 0.25) is 0 Å². The lowest BCUT2D eigenvalue weighted by molar-refractivity contribution is 0.565. The van der Waals surface area contributed by atoms with Crippen molar-refractivity contribution in [2.24, 2.45) is 0 Å². The summed E-state index contributed by atoms with van der Waals surface area (Å²) in [5.41, 5.74) is 2.27. The summed E-state index contributed by atoms with van der Waals surface area (Å²) in [7, 11) is 0. The number of allylic oxidation sites excluding steroid dienone is 1. The molecule has 0 saturated carbocycles. The van der Waals surface area contributed by atoms with E-state index in [1.807, 2.05) is 42.7 Å². The molecular weight excluding hydrogens is 198 g/mol. The Kier molecular flexibility index (Phi) is 3.24. The quantitative estimate of drug-likeness (QED) is 0.726. The molecule has 1 radical (unpaired) electrons. The van der Waals surface area contributed by atoms with E-state index in [1.165, 1.54) is 0 Å². The van der Waals surface area contributed by atoms with Crippen molar-refractivity contribution in [1.29, 1.82) is 0 Å². The van der Waals surface area contributed by atoms with Crippen molar-refractivity contribution in [1.82, 2.24) is 4.98 Å². The number of carbonyl (C=O) groups excluding carboxylic acids is 1. The highest BCUT2D eigenvalue weighted by molar-refractivity contribution is 6.13. The van der Waals surface area contributed by atoms with Gasteiger partial charge >= 0.3 is 0 Å². The minimum Gasteiger partial charge on any atom is -0.285 e. The smallest absolute Gasteiger partial charge is 0.234 e. The number of hydrogen-bond acceptors (Lipinski definition) is 2. The standard InChI is InChI=1S/C14H10NO/c16-11-14(13-7-4-8-15-10-13)9-12-5-2-1-3-6-12/h1-10H.